The van der Waals surface area contributed by atoms with Crippen molar-refractivity contribution in [2.24, 2.45) is 0 Å². The Morgan fingerprint density at radius 1 is 0.952 bits per heavy atom. The number of imide groups is 1. The monoisotopic (exact) mass is 301 g/mol. The lowest BCUT2D eigenvalue weighted by Crippen LogP contribution is -2.33. The van der Waals surface area contributed by atoms with Gasteiger partial charge in [-0.2, -0.15) is 0 Å². The van der Waals surface area contributed by atoms with Crippen LogP contribution >= 0.6 is 11.6 Å². The number of benzene rings is 2. The van der Waals surface area contributed by atoms with Crippen LogP contribution in [0, 0.1) is 0 Å². The van der Waals surface area contributed by atoms with Crippen molar-refractivity contribution < 1.29 is 14.3 Å². The van der Waals surface area contributed by atoms with Gasteiger partial charge in [0.05, 0.1) is 17.7 Å². The number of carbonyl (C=O) groups is 2. The lowest BCUT2D eigenvalue weighted by molar-refractivity contribution is 0.0631. The molecule has 2 aromatic carbocycles. The van der Waals surface area contributed by atoms with Crippen LogP contribution in [0.4, 0.5) is 0 Å². The first-order chi connectivity index (χ1) is 10.2. The van der Waals surface area contributed by atoms with Crippen molar-refractivity contribution >= 4 is 23.4 Å². The Kier molecular flexibility index (Phi) is 3.62. The third-order valence-corrected chi connectivity index (χ3v) is 3.49. The van der Waals surface area contributed by atoms with E-state index in [-0.39, 0.29) is 25.0 Å². The van der Waals surface area contributed by atoms with Gasteiger partial charge in [-0.1, -0.05) is 29.8 Å². The molecule has 5 heteroatoms. The van der Waals surface area contributed by atoms with Crippen LogP contribution < -0.4 is 4.74 Å². The van der Waals surface area contributed by atoms with E-state index in [1.165, 1.54) is 4.90 Å². The van der Waals surface area contributed by atoms with Crippen molar-refractivity contribution in [1.29, 1.82) is 0 Å². The highest BCUT2D eigenvalue weighted by atomic mass is 35.5. The molecule has 0 fully saturated rings. The Hall–Kier alpha value is -2.33. The quantitative estimate of drug-likeness (QED) is 0.816. The average Bonchev–Trinajstić information content (AvgIpc) is 2.73. The van der Waals surface area contributed by atoms with Gasteiger partial charge in [0, 0.05) is 5.02 Å². The van der Waals surface area contributed by atoms with E-state index in [9.17, 15) is 9.59 Å². The number of rotatable bonds is 4. The minimum absolute atomic E-state index is 0.207. The second kappa shape index (κ2) is 5.58. The number of fused-ring (bicyclic) bond motifs is 1. The molecular formula is C16H12ClNO3. The Morgan fingerprint density at radius 3 is 2.24 bits per heavy atom. The SMILES string of the molecule is O=C1c2ccccc2C(=O)N1CCOc1cccc(Cl)c1. The molecular weight excluding hydrogens is 290 g/mol. The maximum absolute atomic E-state index is 12.1. The smallest absolute Gasteiger partial charge is 0.261 e. The molecule has 2 aromatic rings. The summed E-state index contributed by atoms with van der Waals surface area (Å²) in [6.45, 7) is 0.435. The largest absolute Gasteiger partial charge is 0.492 e. The van der Waals surface area contributed by atoms with Gasteiger partial charge in [-0.15, -0.1) is 0 Å². The summed E-state index contributed by atoms with van der Waals surface area (Å²) in [4.78, 5) is 25.5. The van der Waals surface area contributed by atoms with Crippen molar-refractivity contribution in [3.8, 4) is 5.75 Å². The van der Waals surface area contributed by atoms with E-state index in [1.54, 1.807) is 48.5 Å². The fraction of sp³-hybridized carbons (Fsp3) is 0.125. The number of hydrogen-bond acceptors (Lipinski definition) is 3. The van der Waals surface area contributed by atoms with Gasteiger partial charge in [0.25, 0.3) is 11.8 Å². The number of halogens is 1. The third-order valence-electron chi connectivity index (χ3n) is 3.26. The topological polar surface area (TPSA) is 46.6 Å². The van der Waals surface area contributed by atoms with Gasteiger partial charge in [-0.3, -0.25) is 14.5 Å². The van der Waals surface area contributed by atoms with Crippen LogP contribution in [0.3, 0.4) is 0 Å². The van der Waals surface area contributed by atoms with Crippen molar-refractivity contribution in [1.82, 2.24) is 4.90 Å². The molecule has 1 aliphatic heterocycles. The summed E-state index contributed by atoms with van der Waals surface area (Å²) in [5, 5.41) is 0.577. The van der Waals surface area contributed by atoms with Crippen LogP contribution in [-0.2, 0) is 0 Å². The van der Waals surface area contributed by atoms with Crippen molar-refractivity contribution in [3.63, 3.8) is 0 Å². The maximum Gasteiger partial charge on any atom is 0.261 e. The zero-order valence-corrected chi connectivity index (χ0v) is 11.8. The lowest BCUT2D eigenvalue weighted by atomic mass is 10.1. The van der Waals surface area contributed by atoms with E-state index in [0.717, 1.165) is 0 Å². The Bertz CT molecular complexity index is 679. The number of nitrogens with zero attached hydrogens (tertiary/aromatic N) is 1. The third kappa shape index (κ3) is 2.62. The van der Waals surface area contributed by atoms with Gasteiger partial charge >= 0.3 is 0 Å². The molecule has 0 radical (unpaired) electrons. The van der Waals surface area contributed by atoms with E-state index < -0.39 is 0 Å². The molecule has 0 unspecified atom stereocenters. The van der Waals surface area contributed by atoms with Gasteiger partial charge in [0.15, 0.2) is 0 Å². The highest BCUT2D eigenvalue weighted by Crippen LogP contribution is 2.22. The van der Waals surface area contributed by atoms with Crippen LogP contribution in [0.1, 0.15) is 20.7 Å². The van der Waals surface area contributed by atoms with Crippen LogP contribution in [0.2, 0.25) is 5.02 Å². The predicted octanol–water partition coefficient (Wildman–Crippen LogP) is 3.02. The summed E-state index contributed by atoms with van der Waals surface area (Å²) in [5.74, 6) is 0.0645. The zero-order chi connectivity index (χ0) is 14.8. The van der Waals surface area contributed by atoms with Crippen molar-refractivity contribution in [3.05, 3.63) is 64.7 Å². The van der Waals surface area contributed by atoms with E-state index in [1.807, 2.05) is 0 Å². The molecule has 1 heterocycles. The molecule has 0 atom stereocenters. The van der Waals surface area contributed by atoms with E-state index >= 15 is 0 Å². The summed E-state index contributed by atoms with van der Waals surface area (Å²) in [5.41, 5.74) is 0.899. The second-order valence-electron chi connectivity index (χ2n) is 4.61. The molecule has 0 spiro atoms. The van der Waals surface area contributed by atoms with E-state index in [0.29, 0.717) is 21.9 Å². The normalized spacial score (nSPS) is 13.5. The molecule has 0 bridgehead atoms. The average molecular weight is 302 g/mol. The van der Waals surface area contributed by atoms with Crippen LogP contribution in [0.25, 0.3) is 0 Å². The summed E-state index contributed by atoms with van der Waals surface area (Å²) >= 11 is 5.86. The Morgan fingerprint density at radius 2 is 1.62 bits per heavy atom. The van der Waals surface area contributed by atoms with E-state index in [2.05, 4.69) is 0 Å². The zero-order valence-electron chi connectivity index (χ0n) is 11.1. The first-order valence-electron chi connectivity index (χ1n) is 6.50. The number of ether oxygens (including phenoxy) is 1. The van der Waals surface area contributed by atoms with Gasteiger partial charge < -0.3 is 4.74 Å². The van der Waals surface area contributed by atoms with Crippen LogP contribution in [0.15, 0.2) is 48.5 Å². The molecule has 2 amide bonds. The van der Waals surface area contributed by atoms with Gasteiger partial charge in [0.1, 0.15) is 12.4 Å². The number of carbonyl (C=O) groups excluding carboxylic acids is 2. The summed E-state index contributed by atoms with van der Waals surface area (Å²) < 4.78 is 5.51. The van der Waals surface area contributed by atoms with Crippen LogP contribution in [0.5, 0.6) is 5.75 Å². The fourth-order valence-corrected chi connectivity index (χ4v) is 2.43. The predicted molar refractivity (Wildman–Crippen MR) is 78.8 cm³/mol. The second-order valence-corrected chi connectivity index (χ2v) is 5.05. The van der Waals surface area contributed by atoms with Gasteiger partial charge in [-0.05, 0) is 30.3 Å². The summed E-state index contributed by atoms with van der Waals surface area (Å²) in [6, 6.07) is 13.8. The van der Waals surface area contributed by atoms with Gasteiger partial charge in [0.2, 0.25) is 0 Å². The Labute approximate surface area is 126 Å². The number of hydrogen-bond donors (Lipinski definition) is 0. The molecule has 0 saturated heterocycles. The molecule has 0 saturated carbocycles. The van der Waals surface area contributed by atoms with Crippen molar-refractivity contribution in [2.75, 3.05) is 13.2 Å². The molecule has 1 aliphatic rings. The minimum atomic E-state index is -0.273. The molecule has 4 nitrogen and oxygen atoms in total. The first kappa shape index (κ1) is 13.6. The summed E-state index contributed by atoms with van der Waals surface area (Å²) in [6.07, 6.45) is 0. The van der Waals surface area contributed by atoms with Crippen molar-refractivity contribution in [2.45, 2.75) is 0 Å². The molecule has 106 valence electrons. The number of amides is 2. The standard InChI is InChI=1S/C16H12ClNO3/c17-11-4-3-5-12(10-11)21-9-8-18-15(19)13-6-1-2-7-14(13)16(18)20/h1-7,10H,8-9H2. The van der Waals surface area contributed by atoms with E-state index in [4.69, 9.17) is 16.3 Å². The first-order valence-corrected chi connectivity index (χ1v) is 6.88. The fourth-order valence-electron chi connectivity index (χ4n) is 2.25. The van der Waals surface area contributed by atoms with Gasteiger partial charge in [-0.25, -0.2) is 0 Å². The molecule has 0 aromatic heterocycles. The molecule has 21 heavy (non-hydrogen) atoms. The molecule has 0 aliphatic carbocycles. The van der Waals surface area contributed by atoms with Crippen LogP contribution in [-0.4, -0.2) is 29.9 Å². The highest BCUT2D eigenvalue weighted by Gasteiger charge is 2.34. The Balaban J connectivity index is 1.65. The summed E-state index contributed by atoms with van der Waals surface area (Å²) in [7, 11) is 0. The highest BCUT2D eigenvalue weighted by molar-refractivity contribution is 6.30. The minimum Gasteiger partial charge on any atom is -0.492 e. The maximum atomic E-state index is 12.1. The lowest BCUT2D eigenvalue weighted by Gasteiger charge is -2.14. The molecule has 3 rings (SSSR count). The molecule has 0 N–H and O–H groups in total.